The summed E-state index contributed by atoms with van der Waals surface area (Å²) in [6.45, 7) is 1.93. The van der Waals surface area contributed by atoms with Crippen molar-refractivity contribution in [2.45, 2.75) is 6.92 Å². The molecule has 2 rings (SSSR count). The molecule has 2 aromatic rings. The maximum atomic E-state index is 11.9. The van der Waals surface area contributed by atoms with Crippen LogP contribution in [0.3, 0.4) is 0 Å². The SMILES string of the molecule is Cc1cccc(NC(=O)Nc2ccc(Br)c(C(=O)O)c2)c1. The first-order valence-electron chi connectivity index (χ1n) is 6.13. The smallest absolute Gasteiger partial charge is 0.336 e. The summed E-state index contributed by atoms with van der Waals surface area (Å²) < 4.78 is 0.458. The van der Waals surface area contributed by atoms with Gasteiger partial charge in [-0.2, -0.15) is 0 Å². The van der Waals surface area contributed by atoms with Gasteiger partial charge in [0.1, 0.15) is 0 Å². The van der Waals surface area contributed by atoms with E-state index in [0.717, 1.165) is 5.56 Å². The Hall–Kier alpha value is -2.34. The molecule has 0 aliphatic heterocycles. The van der Waals surface area contributed by atoms with E-state index in [0.29, 0.717) is 15.8 Å². The summed E-state index contributed by atoms with van der Waals surface area (Å²) in [6, 6.07) is 11.5. The van der Waals surface area contributed by atoms with Crippen LogP contribution in [0.25, 0.3) is 0 Å². The largest absolute Gasteiger partial charge is 0.478 e. The zero-order valence-electron chi connectivity index (χ0n) is 11.2. The topological polar surface area (TPSA) is 78.4 Å². The third-order valence-corrected chi connectivity index (χ3v) is 3.42. The van der Waals surface area contributed by atoms with Crippen molar-refractivity contribution in [1.29, 1.82) is 0 Å². The second-order valence-corrected chi connectivity index (χ2v) is 5.30. The van der Waals surface area contributed by atoms with Crippen LogP contribution in [0.2, 0.25) is 0 Å². The highest BCUT2D eigenvalue weighted by molar-refractivity contribution is 9.10. The van der Waals surface area contributed by atoms with Crippen LogP contribution in [-0.4, -0.2) is 17.1 Å². The summed E-state index contributed by atoms with van der Waals surface area (Å²) in [6.07, 6.45) is 0. The van der Waals surface area contributed by atoms with Crippen molar-refractivity contribution in [2.24, 2.45) is 0 Å². The number of amides is 2. The number of carbonyl (C=O) groups excluding carboxylic acids is 1. The lowest BCUT2D eigenvalue weighted by Gasteiger charge is -2.09. The van der Waals surface area contributed by atoms with Crippen LogP contribution in [0.5, 0.6) is 0 Å². The molecule has 108 valence electrons. The van der Waals surface area contributed by atoms with Crippen molar-refractivity contribution in [2.75, 3.05) is 10.6 Å². The Kier molecular flexibility index (Phi) is 4.59. The van der Waals surface area contributed by atoms with Gasteiger partial charge in [-0.15, -0.1) is 0 Å². The Labute approximate surface area is 130 Å². The van der Waals surface area contributed by atoms with E-state index in [2.05, 4.69) is 26.6 Å². The molecule has 0 unspecified atom stereocenters. The lowest BCUT2D eigenvalue weighted by Crippen LogP contribution is -2.19. The number of carbonyl (C=O) groups is 2. The van der Waals surface area contributed by atoms with Crippen LogP contribution >= 0.6 is 15.9 Å². The number of carboxylic acid groups (broad SMARTS) is 1. The summed E-state index contributed by atoms with van der Waals surface area (Å²) in [5.41, 5.74) is 2.19. The molecule has 6 heteroatoms. The molecule has 0 radical (unpaired) electrons. The van der Waals surface area contributed by atoms with Crippen molar-refractivity contribution >= 4 is 39.3 Å². The molecule has 0 aliphatic carbocycles. The van der Waals surface area contributed by atoms with Gasteiger partial charge in [-0.3, -0.25) is 0 Å². The van der Waals surface area contributed by atoms with Gasteiger partial charge >= 0.3 is 12.0 Å². The average Bonchev–Trinajstić information content (AvgIpc) is 2.40. The zero-order valence-corrected chi connectivity index (χ0v) is 12.8. The van der Waals surface area contributed by atoms with Gasteiger partial charge in [0.15, 0.2) is 0 Å². The number of urea groups is 1. The number of aryl methyl sites for hydroxylation is 1. The number of hydrogen-bond donors (Lipinski definition) is 3. The number of halogens is 1. The average molecular weight is 349 g/mol. The Morgan fingerprint density at radius 1 is 1.05 bits per heavy atom. The van der Waals surface area contributed by atoms with Crippen molar-refractivity contribution in [3.8, 4) is 0 Å². The predicted octanol–water partition coefficient (Wildman–Crippen LogP) is 4.10. The fourth-order valence-electron chi connectivity index (χ4n) is 1.78. The fraction of sp³-hybridized carbons (Fsp3) is 0.0667. The Balaban J connectivity index is 2.09. The first kappa shape index (κ1) is 15.1. The van der Waals surface area contributed by atoms with E-state index < -0.39 is 12.0 Å². The fourth-order valence-corrected chi connectivity index (χ4v) is 2.20. The third-order valence-electron chi connectivity index (χ3n) is 2.73. The number of aromatic carboxylic acids is 1. The van der Waals surface area contributed by atoms with Gasteiger partial charge in [0, 0.05) is 15.8 Å². The highest BCUT2D eigenvalue weighted by Gasteiger charge is 2.10. The van der Waals surface area contributed by atoms with Crippen molar-refractivity contribution in [1.82, 2.24) is 0 Å². The number of rotatable bonds is 3. The Bertz CT molecular complexity index is 701. The van der Waals surface area contributed by atoms with Crippen LogP contribution in [0, 0.1) is 6.92 Å². The highest BCUT2D eigenvalue weighted by atomic mass is 79.9. The third kappa shape index (κ3) is 4.06. The van der Waals surface area contributed by atoms with E-state index in [9.17, 15) is 9.59 Å². The standard InChI is InChI=1S/C15H13BrN2O3/c1-9-3-2-4-10(7-9)17-15(21)18-11-5-6-13(16)12(8-11)14(19)20/h2-8H,1H3,(H,19,20)(H2,17,18,21). The molecule has 0 saturated heterocycles. The minimum atomic E-state index is -1.07. The van der Waals surface area contributed by atoms with Crippen LogP contribution < -0.4 is 10.6 Å². The van der Waals surface area contributed by atoms with Gasteiger partial charge in [-0.1, -0.05) is 12.1 Å². The van der Waals surface area contributed by atoms with Crippen LogP contribution in [-0.2, 0) is 0 Å². The number of hydrogen-bond acceptors (Lipinski definition) is 2. The van der Waals surface area contributed by atoms with E-state index in [1.54, 1.807) is 18.2 Å². The molecule has 3 N–H and O–H groups in total. The number of nitrogens with one attached hydrogen (secondary N) is 2. The number of benzene rings is 2. The zero-order chi connectivity index (χ0) is 15.4. The first-order chi connectivity index (χ1) is 9.95. The molecular formula is C15H13BrN2O3. The summed E-state index contributed by atoms with van der Waals surface area (Å²) >= 11 is 3.15. The van der Waals surface area contributed by atoms with E-state index in [4.69, 9.17) is 5.11 Å². The Morgan fingerprint density at radius 3 is 2.33 bits per heavy atom. The summed E-state index contributed by atoms with van der Waals surface area (Å²) in [7, 11) is 0. The molecule has 0 atom stereocenters. The molecule has 5 nitrogen and oxygen atoms in total. The molecule has 0 heterocycles. The van der Waals surface area contributed by atoms with Crippen molar-refractivity contribution in [3.63, 3.8) is 0 Å². The number of anilines is 2. The van der Waals surface area contributed by atoms with Gasteiger partial charge in [-0.05, 0) is 58.7 Å². The van der Waals surface area contributed by atoms with E-state index >= 15 is 0 Å². The minimum Gasteiger partial charge on any atom is -0.478 e. The second kappa shape index (κ2) is 6.41. The first-order valence-corrected chi connectivity index (χ1v) is 6.92. The minimum absolute atomic E-state index is 0.0864. The predicted molar refractivity (Wildman–Crippen MR) is 84.9 cm³/mol. The lowest BCUT2D eigenvalue weighted by atomic mass is 10.2. The van der Waals surface area contributed by atoms with E-state index in [-0.39, 0.29) is 5.56 Å². The molecule has 0 spiro atoms. The second-order valence-electron chi connectivity index (χ2n) is 4.45. The van der Waals surface area contributed by atoms with Gasteiger partial charge in [0.2, 0.25) is 0 Å². The van der Waals surface area contributed by atoms with Gasteiger partial charge in [0.25, 0.3) is 0 Å². The molecule has 0 saturated carbocycles. The highest BCUT2D eigenvalue weighted by Crippen LogP contribution is 2.21. The summed E-state index contributed by atoms with van der Waals surface area (Å²) in [4.78, 5) is 22.9. The maximum absolute atomic E-state index is 11.9. The van der Waals surface area contributed by atoms with E-state index in [1.165, 1.54) is 6.07 Å². The van der Waals surface area contributed by atoms with Crippen LogP contribution in [0.1, 0.15) is 15.9 Å². The van der Waals surface area contributed by atoms with Crippen molar-refractivity contribution in [3.05, 3.63) is 58.1 Å². The monoisotopic (exact) mass is 348 g/mol. The molecule has 0 bridgehead atoms. The van der Waals surface area contributed by atoms with Crippen LogP contribution in [0.4, 0.5) is 16.2 Å². The Morgan fingerprint density at radius 2 is 1.71 bits per heavy atom. The molecule has 0 aliphatic rings. The van der Waals surface area contributed by atoms with Gasteiger partial charge in [0.05, 0.1) is 5.56 Å². The molecule has 0 aromatic heterocycles. The molecular weight excluding hydrogens is 336 g/mol. The van der Waals surface area contributed by atoms with E-state index in [1.807, 2.05) is 25.1 Å². The quantitative estimate of drug-likeness (QED) is 0.781. The normalized spacial score (nSPS) is 10.0. The van der Waals surface area contributed by atoms with Crippen LogP contribution in [0.15, 0.2) is 46.9 Å². The van der Waals surface area contributed by atoms with Gasteiger partial charge in [-0.25, -0.2) is 9.59 Å². The number of carboxylic acids is 1. The summed E-state index contributed by atoms with van der Waals surface area (Å²) in [5.74, 6) is -1.07. The summed E-state index contributed by atoms with van der Waals surface area (Å²) in [5, 5.41) is 14.3. The van der Waals surface area contributed by atoms with Gasteiger partial charge < -0.3 is 15.7 Å². The lowest BCUT2D eigenvalue weighted by molar-refractivity contribution is 0.0696. The molecule has 2 aromatic carbocycles. The molecule has 2 amide bonds. The maximum Gasteiger partial charge on any atom is 0.336 e. The van der Waals surface area contributed by atoms with Crippen molar-refractivity contribution < 1.29 is 14.7 Å². The molecule has 0 fully saturated rings. The molecule has 21 heavy (non-hydrogen) atoms.